The molecular weight excluding hydrogens is 434 g/mol. The molecule has 0 radical (unpaired) electrons. The van der Waals surface area contributed by atoms with Gasteiger partial charge in [-0.05, 0) is 42.9 Å². The van der Waals surface area contributed by atoms with Crippen molar-refractivity contribution in [2.24, 2.45) is 5.73 Å². The van der Waals surface area contributed by atoms with Crippen LogP contribution in [0.2, 0.25) is 0 Å². The van der Waals surface area contributed by atoms with Gasteiger partial charge in [0.2, 0.25) is 0 Å². The van der Waals surface area contributed by atoms with Crippen LogP contribution >= 0.6 is 0 Å². The van der Waals surface area contributed by atoms with Crippen LogP contribution in [-0.2, 0) is 5.54 Å². The Morgan fingerprint density at radius 3 is 2.40 bits per heavy atom. The molecule has 0 amide bonds. The maximum absolute atomic E-state index is 9.78. The first kappa shape index (κ1) is 20.7. The summed E-state index contributed by atoms with van der Waals surface area (Å²) in [5.41, 5.74) is 14.0. The first-order valence-corrected chi connectivity index (χ1v) is 12.4. The second-order valence-electron chi connectivity index (χ2n) is 10.2. The summed E-state index contributed by atoms with van der Waals surface area (Å²) in [4.78, 5) is 9.89. The van der Waals surface area contributed by atoms with Crippen LogP contribution in [0.4, 0.5) is 0 Å². The Balaban J connectivity index is 1.40. The number of hydrogen-bond acceptors (Lipinski definition) is 5. The third kappa shape index (κ3) is 3.36. The van der Waals surface area contributed by atoms with Crippen molar-refractivity contribution in [1.82, 2.24) is 19.6 Å². The van der Waals surface area contributed by atoms with Crippen molar-refractivity contribution in [3.05, 3.63) is 84.2 Å². The highest BCUT2D eigenvalue weighted by Gasteiger charge is 2.41. The fraction of sp³-hybridized carbons (Fsp3) is 0.276. The number of nitrogens with two attached hydrogens (primary N) is 1. The third-order valence-electron chi connectivity index (χ3n) is 7.82. The summed E-state index contributed by atoms with van der Waals surface area (Å²) in [7, 11) is 0. The number of nitrogens with zero attached hydrogens (tertiary/aromatic N) is 4. The molecule has 2 saturated carbocycles. The Labute approximate surface area is 203 Å². The number of fused-ring (bicyclic) bond motifs is 3. The molecule has 6 nitrogen and oxygen atoms in total. The highest BCUT2D eigenvalue weighted by molar-refractivity contribution is 5.90. The largest absolute Gasteiger partial charge is 0.393 e. The molecule has 2 aliphatic carbocycles. The van der Waals surface area contributed by atoms with Crippen LogP contribution in [-0.4, -0.2) is 30.8 Å². The summed E-state index contributed by atoms with van der Waals surface area (Å²) in [5.74, 6) is 0.538. The Hall–Kier alpha value is -3.61. The van der Waals surface area contributed by atoms with Crippen molar-refractivity contribution in [1.29, 1.82) is 0 Å². The number of pyridine rings is 1. The maximum atomic E-state index is 9.78. The molecule has 0 unspecified atom stereocenters. The zero-order valence-electron chi connectivity index (χ0n) is 19.4. The fourth-order valence-corrected chi connectivity index (χ4v) is 5.49. The average molecular weight is 462 g/mol. The van der Waals surface area contributed by atoms with Gasteiger partial charge in [0.1, 0.15) is 0 Å². The van der Waals surface area contributed by atoms with E-state index in [2.05, 4.69) is 48.5 Å². The number of aromatic nitrogens is 4. The van der Waals surface area contributed by atoms with Gasteiger partial charge in [0.05, 0.1) is 17.5 Å². The molecule has 2 aliphatic rings. The lowest BCUT2D eigenvalue weighted by atomic mass is 9.70. The second kappa shape index (κ2) is 7.70. The van der Waals surface area contributed by atoms with Gasteiger partial charge in [-0.2, -0.15) is 9.61 Å². The molecule has 5 aromatic rings. The van der Waals surface area contributed by atoms with E-state index in [-0.39, 0.29) is 6.10 Å². The minimum Gasteiger partial charge on any atom is -0.393 e. The third-order valence-corrected chi connectivity index (χ3v) is 7.82. The quantitative estimate of drug-likeness (QED) is 0.385. The predicted molar refractivity (Wildman–Crippen MR) is 137 cm³/mol. The van der Waals surface area contributed by atoms with Crippen LogP contribution in [0.3, 0.4) is 0 Å². The molecule has 174 valence electrons. The van der Waals surface area contributed by atoms with E-state index >= 15 is 0 Å². The monoisotopic (exact) mass is 461 g/mol. The SMILES string of the molecule is NC1(c2ccc(-c3nc4c(cnc5cc(C6CCC6)nn54)cc3-c3ccccc3)cc2)CC(O)C1. The molecule has 3 heterocycles. The van der Waals surface area contributed by atoms with Crippen molar-refractivity contribution in [2.75, 3.05) is 0 Å². The molecule has 0 bridgehead atoms. The minimum atomic E-state index is -0.443. The molecule has 3 aromatic heterocycles. The van der Waals surface area contributed by atoms with Gasteiger partial charge in [0.25, 0.3) is 0 Å². The van der Waals surface area contributed by atoms with Crippen molar-refractivity contribution in [2.45, 2.75) is 49.7 Å². The van der Waals surface area contributed by atoms with Gasteiger partial charge in [0, 0.05) is 40.2 Å². The summed E-state index contributed by atoms with van der Waals surface area (Å²) >= 11 is 0. The van der Waals surface area contributed by atoms with Crippen LogP contribution in [0.1, 0.15) is 49.3 Å². The van der Waals surface area contributed by atoms with E-state index in [1.807, 2.05) is 28.9 Å². The van der Waals surface area contributed by atoms with Crippen molar-refractivity contribution in [3.8, 4) is 22.4 Å². The molecule has 0 atom stereocenters. The highest BCUT2D eigenvalue weighted by atomic mass is 16.3. The molecule has 2 fully saturated rings. The first-order valence-electron chi connectivity index (χ1n) is 12.4. The van der Waals surface area contributed by atoms with Gasteiger partial charge in [-0.1, -0.05) is 61.0 Å². The Bertz CT molecular complexity index is 1550. The number of benzene rings is 2. The number of aliphatic hydroxyl groups excluding tert-OH is 1. The molecule has 2 aromatic carbocycles. The summed E-state index contributed by atoms with van der Waals surface area (Å²) in [5, 5.41) is 15.7. The van der Waals surface area contributed by atoms with Crippen molar-refractivity contribution < 1.29 is 5.11 Å². The smallest absolute Gasteiger partial charge is 0.165 e. The Morgan fingerprint density at radius 1 is 0.943 bits per heavy atom. The first-order chi connectivity index (χ1) is 17.1. The van der Waals surface area contributed by atoms with E-state index < -0.39 is 5.54 Å². The molecule has 0 aliphatic heterocycles. The Kier molecular flexibility index (Phi) is 4.56. The summed E-state index contributed by atoms with van der Waals surface area (Å²) in [6, 6.07) is 23.0. The topological polar surface area (TPSA) is 89.3 Å². The number of hydrogen-bond donors (Lipinski definition) is 2. The van der Waals surface area contributed by atoms with Crippen LogP contribution in [0.15, 0.2) is 72.9 Å². The van der Waals surface area contributed by atoms with E-state index in [1.54, 1.807) is 0 Å². The van der Waals surface area contributed by atoms with Gasteiger partial charge < -0.3 is 10.8 Å². The average Bonchev–Trinajstić information content (AvgIpc) is 3.26. The number of aliphatic hydroxyl groups is 1. The van der Waals surface area contributed by atoms with Gasteiger partial charge in [-0.15, -0.1) is 0 Å². The lowest BCUT2D eigenvalue weighted by Crippen LogP contribution is -2.51. The molecule has 0 saturated heterocycles. The molecule has 35 heavy (non-hydrogen) atoms. The maximum Gasteiger partial charge on any atom is 0.165 e. The van der Waals surface area contributed by atoms with E-state index in [0.717, 1.165) is 50.3 Å². The van der Waals surface area contributed by atoms with E-state index in [4.69, 9.17) is 20.8 Å². The molecule has 3 N–H and O–H groups in total. The molecular formula is C29H27N5O. The highest BCUT2D eigenvalue weighted by Crippen LogP contribution is 2.41. The van der Waals surface area contributed by atoms with Crippen LogP contribution in [0, 0.1) is 0 Å². The molecule has 7 rings (SSSR count). The van der Waals surface area contributed by atoms with Crippen molar-refractivity contribution in [3.63, 3.8) is 0 Å². The van der Waals surface area contributed by atoms with Gasteiger partial charge in [-0.3, -0.25) is 0 Å². The van der Waals surface area contributed by atoms with Crippen LogP contribution < -0.4 is 5.73 Å². The zero-order chi connectivity index (χ0) is 23.6. The fourth-order valence-electron chi connectivity index (χ4n) is 5.49. The van der Waals surface area contributed by atoms with E-state index in [0.29, 0.717) is 18.8 Å². The lowest BCUT2D eigenvalue weighted by molar-refractivity contribution is 0.0209. The van der Waals surface area contributed by atoms with Gasteiger partial charge >= 0.3 is 0 Å². The summed E-state index contributed by atoms with van der Waals surface area (Å²) in [6.07, 6.45) is 6.47. The van der Waals surface area contributed by atoms with Crippen molar-refractivity contribution >= 4 is 16.7 Å². The second-order valence-corrected chi connectivity index (χ2v) is 10.2. The number of rotatable bonds is 4. The molecule has 6 heteroatoms. The van der Waals surface area contributed by atoms with E-state index in [9.17, 15) is 5.11 Å². The van der Waals surface area contributed by atoms with Gasteiger partial charge in [-0.25, -0.2) is 9.97 Å². The van der Waals surface area contributed by atoms with E-state index in [1.165, 1.54) is 19.3 Å². The lowest BCUT2D eigenvalue weighted by Gasteiger charge is -2.42. The zero-order valence-corrected chi connectivity index (χ0v) is 19.4. The summed E-state index contributed by atoms with van der Waals surface area (Å²) in [6.45, 7) is 0. The van der Waals surface area contributed by atoms with Gasteiger partial charge in [0.15, 0.2) is 11.3 Å². The van der Waals surface area contributed by atoms with Crippen LogP contribution in [0.25, 0.3) is 39.1 Å². The summed E-state index contributed by atoms with van der Waals surface area (Å²) < 4.78 is 1.90. The minimum absolute atomic E-state index is 0.304. The molecule has 0 spiro atoms. The standard InChI is InChI=1S/C29H27N5O/c30-29(15-23(35)16-29)22-11-9-20(10-12-22)27-24(18-5-2-1-3-6-18)13-21-17-31-26-14-25(19-7-4-8-19)33-34(26)28(21)32-27/h1-3,5-6,9-14,17,19,23,35H,4,7-8,15-16,30H2. The Morgan fingerprint density at radius 2 is 1.71 bits per heavy atom. The predicted octanol–water partition coefficient (Wildman–Crippen LogP) is 5.19. The van der Waals surface area contributed by atoms with Crippen LogP contribution in [0.5, 0.6) is 0 Å². The normalized spacial score (nSPS) is 22.3.